The summed E-state index contributed by atoms with van der Waals surface area (Å²) in [4.78, 5) is 4.37. The largest absolute Gasteiger partial charge is 0.383 e. The van der Waals surface area contributed by atoms with E-state index < -0.39 is 0 Å². The number of aromatic nitrogens is 1. The van der Waals surface area contributed by atoms with E-state index in [1.54, 1.807) is 0 Å². The number of nitrogen functional groups attached to an aromatic ring is 1. The molecule has 0 saturated carbocycles. The summed E-state index contributed by atoms with van der Waals surface area (Å²) in [5, 5.41) is 0. The summed E-state index contributed by atoms with van der Waals surface area (Å²) < 4.78 is 0. The van der Waals surface area contributed by atoms with Crippen molar-refractivity contribution in [2.45, 2.75) is 18.7 Å². The molecule has 0 unspecified atom stereocenters. The molecule has 0 saturated heterocycles. The van der Waals surface area contributed by atoms with Crippen LogP contribution in [-0.4, -0.2) is 10.7 Å². The molecule has 4 N–H and O–H groups in total. The molecule has 1 aliphatic heterocycles. The van der Waals surface area contributed by atoms with Gasteiger partial charge in [0.15, 0.2) is 0 Å². The van der Waals surface area contributed by atoms with Gasteiger partial charge in [0.05, 0.1) is 0 Å². The van der Waals surface area contributed by atoms with Crippen LogP contribution in [-0.2, 0) is 18.7 Å². The molecule has 0 atom stereocenters. The Bertz CT molecular complexity index is 325. The van der Waals surface area contributed by atoms with Gasteiger partial charge in [-0.1, -0.05) is 0 Å². The summed E-state index contributed by atoms with van der Waals surface area (Å²) in [6, 6.07) is 2.10. The van der Waals surface area contributed by atoms with E-state index >= 15 is 0 Å². The molecule has 0 bridgehead atoms. The molecule has 0 radical (unpaired) electrons. The predicted molar refractivity (Wildman–Crippen MR) is 56.4 cm³/mol. The summed E-state index contributed by atoms with van der Waals surface area (Å²) in [6.45, 7) is 0.483. The maximum Gasteiger partial charge on any atom is 0.128 e. The molecule has 0 aliphatic carbocycles. The topological polar surface area (TPSA) is 64.9 Å². The number of hydrogen-bond donors (Lipinski definition) is 2. The second-order valence-corrected chi connectivity index (χ2v) is 4.25. The van der Waals surface area contributed by atoms with Crippen molar-refractivity contribution < 1.29 is 0 Å². The van der Waals surface area contributed by atoms with Gasteiger partial charge in [-0.05, 0) is 23.8 Å². The first-order valence-electron chi connectivity index (χ1n) is 4.36. The zero-order chi connectivity index (χ0) is 9.26. The quantitative estimate of drug-likeness (QED) is 0.699. The second kappa shape index (κ2) is 3.55. The molecule has 1 aliphatic rings. The van der Waals surface area contributed by atoms with Gasteiger partial charge in [-0.2, -0.15) is 11.8 Å². The lowest BCUT2D eigenvalue weighted by Gasteiger charge is -2.16. The molecule has 1 aromatic rings. The highest BCUT2D eigenvalue weighted by Gasteiger charge is 2.12. The number of rotatable bonds is 1. The van der Waals surface area contributed by atoms with Gasteiger partial charge in [0.1, 0.15) is 5.82 Å². The number of nitrogens with zero attached hydrogens (tertiary/aromatic N) is 1. The van der Waals surface area contributed by atoms with Crippen LogP contribution in [0, 0.1) is 0 Å². The molecule has 0 amide bonds. The Morgan fingerprint density at radius 2 is 2.38 bits per heavy atom. The van der Waals surface area contributed by atoms with Crippen LogP contribution in [0.15, 0.2) is 6.07 Å². The number of aryl methyl sites for hydroxylation is 1. The second-order valence-electron chi connectivity index (χ2n) is 3.15. The number of nitrogens with two attached hydrogens (primary N) is 2. The zero-order valence-corrected chi connectivity index (χ0v) is 8.23. The molecule has 0 spiro atoms. The van der Waals surface area contributed by atoms with Gasteiger partial charge in [0.2, 0.25) is 0 Å². The Balaban J connectivity index is 2.44. The minimum absolute atomic E-state index is 0.483. The Morgan fingerprint density at radius 3 is 3.15 bits per heavy atom. The highest BCUT2D eigenvalue weighted by molar-refractivity contribution is 7.98. The van der Waals surface area contributed by atoms with Crippen molar-refractivity contribution in [1.82, 2.24) is 4.98 Å². The molecule has 0 fully saturated rings. The van der Waals surface area contributed by atoms with E-state index in [-0.39, 0.29) is 0 Å². The number of anilines is 1. The third-order valence-electron chi connectivity index (χ3n) is 2.26. The minimum Gasteiger partial charge on any atom is -0.383 e. The lowest BCUT2D eigenvalue weighted by Crippen LogP contribution is -2.11. The van der Waals surface area contributed by atoms with Crippen LogP contribution in [0.2, 0.25) is 0 Å². The van der Waals surface area contributed by atoms with Crippen LogP contribution in [0.5, 0.6) is 0 Å². The minimum atomic E-state index is 0.483. The van der Waals surface area contributed by atoms with Gasteiger partial charge in [0, 0.05) is 23.6 Å². The van der Waals surface area contributed by atoms with Crippen LogP contribution in [0.1, 0.15) is 16.8 Å². The number of fused-ring (bicyclic) bond motifs is 1. The van der Waals surface area contributed by atoms with Crippen molar-refractivity contribution >= 4 is 17.6 Å². The number of hydrogen-bond acceptors (Lipinski definition) is 4. The average Bonchev–Trinajstić information content (AvgIpc) is 2.17. The van der Waals surface area contributed by atoms with Crippen LogP contribution in [0.3, 0.4) is 0 Å². The highest BCUT2D eigenvalue weighted by atomic mass is 32.2. The Hall–Kier alpha value is -0.740. The van der Waals surface area contributed by atoms with Gasteiger partial charge in [0.25, 0.3) is 0 Å². The third kappa shape index (κ3) is 1.64. The van der Waals surface area contributed by atoms with E-state index in [9.17, 15) is 0 Å². The van der Waals surface area contributed by atoms with Crippen molar-refractivity contribution in [2.75, 3.05) is 11.5 Å². The lowest BCUT2D eigenvalue weighted by atomic mass is 10.1. The van der Waals surface area contributed by atoms with Crippen LogP contribution in [0.25, 0.3) is 0 Å². The Kier molecular flexibility index (Phi) is 2.42. The lowest BCUT2D eigenvalue weighted by molar-refractivity contribution is 0.963. The first kappa shape index (κ1) is 8.84. The summed E-state index contributed by atoms with van der Waals surface area (Å²) in [6.07, 6.45) is 1.04. The van der Waals surface area contributed by atoms with Gasteiger partial charge < -0.3 is 11.5 Å². The molecule has 0 aromatic carbocycles. The van der Waals surface area contributed by atoms with Crippen molar-refractivity contribution in [1.29, 1.82) is 0 Å². The fourth-order valence-corrected chi connectivity index (χ4v) is 2.46. The molecular formula is C9H13N3S. The van der Waals surface area contributed by atoms with Crippen LogP contribution in [0.4, 0.5) is 5.82 Å². The van der Waals surface area contributed by atoms with E-state index in [0.717, 1.165) is 29.2 Å². The molecule has 2 rings (SSSR count). The molecule has 2 heterocycles. The fraction of sp³-hybridized carbons (Fsp3) is 0.444. The van der Waals surface area contributed by atoms with Crippen molar-refractivity contribution in [3.63, 3.8) is 0 Å². The molecule has 13 heavy (non-hydrogen) atoms. The first-order chi connectivity index (χ1) is 6.31. The fourth-order valence-electron chi connectivity index (χ4n) is 1.51. The zero-order valence-electron chi connectivity index (χ0n) is 7.42. The SMILES string of the molecule is NCc1cc2c(nc1N)CCSC2. The molecule has 70 valence electrons. The van der Waals surface area contributed by atoms with Crippen molar-refractivity contribution in [2.24, 2.45) is 5.73 Å². The molecular weight excluding hydrogens is 182 g/mol. The first-order valence-corrected chi connectivity index (χ1v) is 5.51. The summed E-state index contributed by atoms with van der Waals surface area (Å²) in [5.74, 6) is 2.81. The smallest absolute Gasteiger partial charge is 0.128 e. The summed E-state index contributed by atoms with van der Waals surface area (Å²) in [7, 11) is 0. The monoisotopic (exact) mass is 195 g/mol. The van der Waals surface area contributed by atoms with E-state index in [1.807, 2.05) is 11.8 Å². The third-order valence-corrected chi connectivity index (χ3v) is 3.27. The molecule has 3 nitrogen and oxygen atoms in total. The van der Waals surface area contributed by atoms with Gasteiger partial charge in [-0.15, -0.1) is 0 Å². The number of thioether (sulfide) groups is 1. The highest BCUT2D eigenvalue weighted by Crippen LogP contribution is 2.25. The average molecular weight is 195 g/mol. The molecule has 1 aromatic heterocycles. The van der Waals surface area contributed by atoms with Gasteiger partial charge in [-0.25, -0.2) is 4.98 Å². The van der Waals surface area contributed by atoms with Crippen LogP contribution < -0.4 is 11.5 Å². The molecule has 4 heteroatoms. The van der Waals surface area contributed by atoms with Crippen molar-refractivity contribution in [3.05, 3.63) is 22.9 Å². The van der Waals surface area contributed by atoms with Crippen LogP contribution >= 0.6 is 11.8 Å². The maximum atomic E-state index is 5.76. The maximum absolute atomic E-state index is 5.76. The van der Waals surface area contributed by atoms with Gasteiger partial charge >= 0.3 is 0 Å². The van der Waals surface area contributed by atoms with Crippen molar-refractivity contribution in [3.8, 4) is 0 Å². The van der Waals surface area contributed by atoms with E-state index in [1.165, 1.54) is 5.56 Å². The van der Waals surface area contributed by atoms with E-state index in [2.05, 4.69) is 11.1 Å². The van der Waals surface area contributed by atoms with Gasteiger partial charge in [-0.3, -0.25) is 0 Å². The normalized spacial score (nSPS) is 15.5. The summed E-state index contributed by atoms with van der Waals surface area (Å²) >= 11 is 1.94. The summed E-state index contributed by atoms with van der Waals surface area (Å²) in [5.41, 5.74) is 14.8. The van der Waals surface area contributed by atoms with E-state index in [0.29, 0.717) is 12.4 Å². The Labute approximate surface area is 81.9 Å². The standard InChI is InChI=1S/C9H13N3S/c10-4-6-3-7-5-13-2-1-8(7)12-9(6)11/h3H,1-2,4-5,10H2,(H2,11,12). The van der Waals surface area contributed by atoms with E-state index in [4.69, 9.17) is 11.5 Å². The number of pyridine rings is 1. The Morgan fingerprint density at radius 1 is 1.54 bits per heavy atom. The predicted octanol–water partition coefficient (Wildman–Crippen LogP) is 0.912.